The van der Waals surface area contributed by atoms with Gasteiger partial charge >= 0.3 is 0 Å². The molecule has 2 atom stereocenters. The Hall–Kier alpha value is -2.43. The Morgan fingerprint density at radius 3 is 2.76 bits per heavy atom. The molecule has 2 heterocycles. The fraction of sp³-hybridized carbons (Fsp3) is 0.450. The van der Waals surface area contributed by atoms with Crippen LogP contribution >= 0.6 is 0 Å². The summed E-state index contributed by atoms with van der Waals surface area (Å²) in [6.07, 6.45) is 2.95. The first-order valence-corrected chi connectivity index (χ1v) is 8.96. The zero-order chi connectivity index (χ0) is 17.6. The summed E-state index contributed by atoms with van der Waals surface area (Å²) in [4.78, 5) is 15.4. The number of aromatic nitrogens is 2. The monoisotopic (exact) mass is 337 g/mol. The van der Waals surface area contributed by atoms with E-state index in [1.165, 1.54) is 5.56 Å². The minimum atomic E-state index is 0.594. The van der Waals surface area contributed by atoms with E-state index >= 15 is 0 Å². The van der Waals surface area contributed by atoms with E-state index in [2.05, 4.69) is 62.4 Å². The van der Waals surface area contributed by atoms with Gasteiger partial charge in [0.25, 0.3) is 0 Å². The maximum absolute atomic E-state index is 4.47. The summed E-state index contributed by atoms with van der Waals surface area (Å²) in [7, 11) is 1.85. The fourth-order valence-electron chi connectivity index (χ4n) is 3.64. The van der Waals surface area contributed by atoms with Gasteiger partial charge in [-0.15, -0.1) is 0 Å². The maximum Gasteiger partial charge on any atom is 0.193 e. The van der Waals surface area contributed by atoms with Gasteiger partial charge in [0.15, 0.2) is 5.96 Å². The smallest absolute Gasteiger partial charge is 0.193 e. The number of nitrogens with zero attached hydrogens (tertiary/aromatic N) is 4. The van der Waals surface area contributed by atoms with E-state index in [1.807, 2.05) is 20.0 Å². The SMILES string of the molecule is CN=C(NCc1ccnc(C)n1)N1CCC(c2ccccc2)C(C)C1. The number of likely N-dealkylation sites (tertiary alicyclic amines) is 1. The molecule has 0 saturated carbocycles. The van der Waals surface area contributed by atoms with Gasteiger partial charge in [-0.3, -0.25) is 4.99 Å². The minimum absolute atomic E-state index is 0.594. The van der Waals surface area contributed by atoms with E-state index in [-0.39, 0.29) is 0 Å². The molecular formula is C20H27N5. The van der Waals surface area contributed by atoms with Crippen LogP contribution in [-0.2, 0) is 6.54 Å². The summed E-state index contributed by atoms with van der Waals surface area (Å²) in [5.41, 5.74) is 2.44. The molecule has 1 aliphatic rings. The number of aryl methyl sites for hydroxylation is 1. The molecule has 132 valence electrons. The van der Waals surface area contributed by atoms with Crippen molar-refractivity contribution >= 4 is 5.96 Å². The Bertz CT molecular complexity index is 713. The van der Waals surface area contributed by atoms with Crippen molar-refractivity contribution in [2.45, 2.75) is 32.7 Å². The first-order chi connectivity index (χ1) is 12.2. The molecule has 1 fully saturated rings. The molecule has 1 N–H and O–H groups in total. The zero-order valence-corrected chi connectivity index (χ0v) is 15.3. The van der Waals surface area contributed by atoms with Crippen molar-refractivity contribution < 1.29 is 0 Å². The molecule has 0 bridgehead atoms. The van der Waals surface area contributed by atoms with Crippen LogP contribution in [0.4, 0.5) is 0 Å². The van der Waals surface area contributed by atoms with Crippen LogP contribution < -0.4 is 5.32 Å². The predicted molar refractivity (Wildman–Crippen MR) is 102 cm³/mol. The predicted octanol–water partition coefficient (Wildman–Crippen LogP) is 2.99. The number of rotatable bonds is 3. The number of hydrogen-bond donors (Lipinski definition) is 1. The molecule has 1 aromatic carbocycles. The Balaban J connectivity index is 1.60. The third-order valence-electron chi connectivity index (χ3n) is 4.91. The van der Waals surface area contributed by atoms with Gasteiger partial charge in [0, 0.05) is 26.3 Å². The van der Waals surface area contributed by atoms with E-state index in [0.717, 1.165) is 37.0 Å². The van der Waals surface area contributed by atoms with Crippen LogP contribution in [0.1, 0.15) is 36.3 Å². The lowest BCUT2D eigenvalue weighted by atomic mass is 9.82. The lowest BCUT2D eigenvalue weighted by molar-refractivity contribution is 0.234. The fourth-order valence-corrected chi connectivity index (χ4v) is 3.64. The van der Waals surface area contributed by atoms with Gasteiger partial charge in [-0.25, -0.2) is 9.97 Å². The van der Waals surface area contributed by atoms with E-state index in [4.69, 9.17) is 0 Å². The highest BCUT2D eigenvalue weighted by Crippen LogP contribution is 2.32. The van der Waals surface area contributed by atoms with Crippen molar-refractivity contribution in [3.63, 3.8) is 0 Å². The van der Waals surface area contributed by atoms with Gasteiger partial charge < -0.3 is 10.2 Å². The minimum Gasteiger partial charge on any atom is -0.351 e. The molecule has 0 amide bonds. The standard InChI is InChI=1S/C20H27N5/c1-15-14-25(12-10-19(15)17-7-5-4-6-8-17)20(21-3)23-13-18-9-11-22-16(2)24-18/h4-9,11,15,19H,10,12-14H2,1-3H3,(H,21,23). The topological polar surface area (TPSA) is 53.4 Å². The average molecular weight is 337 g/mol. The highest BCUT2D eigenvalue weighted by Gasteiger charge is 2.28. The van der Waals surface area contributed by atoms with Gasteiger partial charge in [-0.2, -0.15) is 0 Å². The summed E-state index contributed by atoms with van der Waals surface area (Å²) >= 11 is 0. The number of hydrogen-bond acceptors (Lipinski definition) is 3. The molecule has 0 radical (unpaired) electrons. The van der Waals surface area contributed by atoms with E-state index in [1.54, 1.807) is 6.20 Å². The average Bonchev–Trinajstić information content (AvgIpc) is 2.63. The molecule has 1 aromatic heterocycles. The molecular weight excluding hydrogens is 310 g/mol. The number of nitrogens with one attached hydrogen (secondary N) is 1. The molecule has 1 saturated heterocycles. The van der Waals surface area contributed by atoms with Crippen molar-refractivity contribution in [2.75, 3.05) is 20.1 Å². The first-order valence-electron chi connectivity index (χ1n) is 8.96. The van der Waals surface area contributed by atoms with E-state index < -0.39 is 0 Å². The molecule has 2 unspecified atom stereocenters. The van der Waals surface area contributed by atoms with E-state index in [9.17, 15) is 0 Å². The first kappa shape index (κ1) is 17.4. The van der Waals surface area contributed by atoms with Gasteiger partial charge in [0.2, 0.25) is 0 Å². The second-order valence-corrected chi connectivity index (χ2v) is 6.73. The van der Waals surface area contributed by atoms with Crippen LogP contribution in [0.25, 0.3) is 0 Å². The van der Waals surface area contributed by atoms with Gasteiger partial charge in [-0.05, 0) is 36.8 Å². The summed E-state index contributed by atoms with van der Waals surface area (Å²) in [6, 6.07) is 12.8. The molecule has 3 rings (SSSR count). The number of aliphatic imine (C=N–C) groups is 1. The van der Waals surface area contributed by atoms with Crippen LogP contribution in [0.2, 0.25) is 0 Å². The summed E-state index contributed by atoms with van der Waals surface area (Å²) in [5, 5.41) is 3.44. The van der Waals surface area contributed by atoms with Crippen molar-refractivity contribution in [2.24, 2.45) is 10.9 Å². The Kier molecular flexibility index (Phi) is 5.64. The third kappa shape index (κ3) is 4.35. The van der Waals surface area contributed by atoms with Crippen LogP contribution in [0.5, 0.6) is 0 Å². The second kappa shape index (κ2) is 8.10. The number of benzene rings is 1. The van der Waals surface area contributed by atoms with Crippen molar-refractivity contribution in [1.82, 2.24) is 20.2 Å². The normalized spacial score (nSPS) is 21.2. The Morgan fingerprint density at radius 1 is 1.28 bits per heavy atom. The van der Waals surface area contributed by atoms with E-state index in [0.29, 0.717) is 18.4 Å². The number of guanidine groups is 1. The van der Waals surface area contributed by atoms with Gasteiger partial charge in [-0.1, -0.05) is 37.3 Å². The molecule has 5 nitrogen and oxygen atoms in total. The lowest BCUT2D eigenvalue weighted by Gasteiger charge is -2.38. The molecule has 5 heteroatoms. The van der Waals surface area contributed by atoms with Crippen LogP contribution in [0.3, 0.4) is 0 Å². The third-order valence-corrected chi connectivity index (χ3v) is 4.91. The van der Waals surface area contributed by atoms with Gasteiger partial charge in [0.1, 0.15) is 5.82 Å². The molecule has 2 aromatic rings. The largest absolute Gasteiger partial charge is 0.351 e. The number of piperidine rings is 1. The quantitative estimate of drug-likeness (QED) is 0.691. The summed E-state index contributed by atoms with van der Waals surface area (Å²) in [6.45, 7) is 6.96. The second-order valence-electron chi connectivity index (χ2n) is 6.73. The van der Waals surface area contributed by atoms with Crippen molar-refractivity contribution in [3.05, 3.63) is 59.7 Å². The van der Waals surface area contributed by atoms with Crippen LogP contribution in [-0.4, -0.2) is 41.0 Å². The Morgan fingerprint density at radius 2 is 2.08 bits per heavy atom. The summed E-state index contributed by atoms with van der Waals surface area (Å²) in [5.74, 6) is 2.97. The maximum atomic E-state index is 4.47. The molecule has 25 heavy (non-hydrogen) atoms. The van der Waals surface area contributed by atoms with Crippen LogP contribution in [0.15, 0.2) is 47.6 Å². The van der Waals surface area contributed by atoms with Gasteiger partial charge in [0.05, 0.1) is 12.2 Å². The summed E-state index contributed by atoms with van der Waals surface area (Å²) < 4.78 is 0. The van der Waals surface area contributed by atoms with Crippen molar-refractivity contribution in [3.8, 4) is 0 Å². The highest BCUT2D eigenvalue weighted by atomic mass is 15.3. The molecule has 1 aliphatic heterocycles. The highest BCUT2D eigenvalue weighted by molar-refractivity contribution is 5.80. The lowest BCUT2D eigenvalue weighted by Crippen LogP contribution is -2.47. The van der Waals surface area contributed by atoms with Crippen molar-refractivity contribution in [1.29, 1.82) is 0 Å². The molecule has 0 aliphatic carbocycles. The van der Waals surface area contributed by atoms with Crippen LogP contribution in [0, 0.1) is 12.8 Å². The molecule has 0 spiro atoms. The Labute approximate surface area is 150 Å². The zero-order valence-electron chi connectivity index (χ0n) is 15.3.